The first-order valence-electron chi connectivity index (χ1n) is 88.0. The predicted molar refractivity (Wildman–Crippen MR) is 433 cm³/mol. The van der Waals surface area contributed by atoms with E-state index < -0.39 is 10.8 Å². The number of aliphatic hydroxyl groups excluding tert-OH is 1. The van der Waals surface area contributed by atoms with Gasteiger partial charge < -0.3 is 9.90 Å². The van der Waals surface area contributed by atoms with Gasteiger partial charge in [0, 0.05) is 261 Å². The van der Waals surface area contributed by atoms with Crippen molar-refractivity contribution in [3.05, 3.63) is 201 Å². The zero-order valence-electron chi connectivity index (χ0n) is 167. The van der Waals surface area contributed by atoms with Gasteiger partial charge in [-0.2, -0.15) is 0 Å². The summed E-state index contributed by atoms with van der Waals surface area (Å²) in [5, 5.41) is 12.7. The summed E-state index contributed by atoms with van der Waals surface area (Å²) in [6.07, 6.45) is 5.05. The molecule has 0 saturated carbocycles. The first-order chi connectivity index (χ1) is 98.4. The van der Waals surface area contributed by atoms with Crippen LogP contribution in [0.25, 0.3) is 76.8 Å². The maximum Gasteiger partial charge on any atom is 0.226 e. The SMILES string of the molecule is [3HH].[3H][3H].[3H][3H].[3H][3H].[3H][3H].[3H][3H].[3H][3H].[3H][3H].[3H][3H].[3H][3H].[3H][3H].[3H][3H].[3H][3H].[3H][3H].[3H][3H].[3H][3H].[3H][3H].[3H][3H].[3H][3H].[3H][3H].[3H][3H].[3H][3H].[3H][3H].[3H][3H].[3H][3H].[3H][3H].[3H][3H].[3H][3H].[3H][3H].[3H][3H].[3H][3H].[3H][3H].[3H][3H].[3H][3H].[3H][3H].[3H][3H].[3H][3H].[3H][3H].[3H][3H].[3H][3H].[3H][3H].[3H][3H].[3H][3H].[3H][3H].[3H][3H].[3H][3H].[3H][3H].[3H][3H].[3H][3H].[3H][3H].[3H][3H].[3H][3H].[3H][3H].[3H][3H].[3H][3H].[3H][3H].[3H][3H].[3H][3H].[3H][3H].[3H][3H].[3H][3H].[3H][3H].[C-]#[N+]C1=C(O)[C@H](C)[C@H]2CCc3c(-c4ccccc4F)nc(-c4cc(C(C)C)nc5ccccc45)nc3[C@]2(C)C1.[C-]#[N+]C1=C[C@@]2(C)c3nc(-c4cc(C(C)C)nc5ccccc45)nc(-c4ccccc4F)c3CC[C@@H]2[C@@H](C)C1=O. The van der Waals surface area contributed by atoms with Crippen LogP contribution in [0.5, 0.6) is 0 Å². The Morgan fingerprint density at radius 2 is 1.10 bits per heavy atom. The van der Waals surface area contributed by atoms with Gasteiger partial charge in [-0.05, 0) is 104 Å². The number of halogens is 2. The molecule has 4 aliphatic carbocycles. The molecule has 4 heterocycles. The summed E-state index contributed by atoms with van der Waals surface area (Å²) >= 11 is 0. The minimum atomic E-state index is -0.664. The average Bonchev–Trinajstić information content (AvgIpc) is 0.717. The number of aromatic nitrogens is 6. The van der Waals surface area contributed by atoms with Gasteiger partial charge in [0.15, 0.2) is 17.4 Å². The number of Topliss-reactive ketones (excluding diaryl/α,β-unsaturated/α-hetero) is 1. The zero-order chi connectivity index (χ0) is 177. The summed E-state index contributed by atoms with van der Waals surface area (Å²) in [5.41, 5.74) is 10.2. The number of ketones is 1. The molecule has 1 N–H and O–H groups in total. The van der Waals surface area contributed by atoms with Crippen LogP contribution in [0.3, 0.4) is 0 Å². The second-order valence-corrected chi connectivity index (χ2v) is 22.6. The molecule has 514 valence electrons. The Bertz CT molecular complexity index is 4140. The lowest BCUT2D eigenvalue weighted by Crippen LogP contribution is -2.46. The average molecular weight is 1410 g/mol. The van der Waals surface area contributed by atoms with Crippen LogP contribution in [0.2, 0.25) is 0 Å². The van der Waals surface area contributed by atoms with E-state index in [0.717, 1.165) is 79.7 Å². The lowest BCUT2D eigenvalue weighted by molar-refractivity contribution is -0.121. The summed E-state index contributed by atoms with van der Waals surface area (Å²) in [7, 11) is 0. The minimum absolute atomic E-state index is 0. The summed E-state index contributed by atoms with van der Waals surface area (Å²) in [5.74, 6) is 0.462. The van der Waals surface area contributed by atoms with Crippen LogP contribution in [0, 0.1) is 48.5 Å². The molecular formula is C66H184F2N8O2. The molecule has 0 bridgehead atoms. The highest BCUT2D eigenvalue weighted by Gasteiger charge is 2.51. The van der Waals surface area contributed by atoms with Crippen LogP contribution in [0.4, 0.5) is 8.78 Å². The van der Waals surface area contributed by atoms with Crippen molar-refractivity contribution in [2.75, 3.05) is 0 Å². The number of carbonyl (C=O) groups excluding carboxylic acids is 1. The molecule has 0 spiro atoms. The maximum atomic E-state index is 15.3. The van der Waals surface area contributed by atoms with E-state index in [1.165, 1.54) is 12.1 Å². The van der Waals surface area contributed by atoms with Crippen molar-refractivity contribution in [3.63, 3.8) is 0 Å². The van der Waals surface area contributed by atoms with Crippen molar-refractivity contribution in [2.24, 2.45) is 23.7 Å². The van der Waals surface area contributed by atoms with E-state index >= 15 is 8.78 Å². The number of rotatable bonds is 6. The van der Waals surface area contributed by atoms with Crippen molar-refractivity contribution < 1.29 is 201 Å². The predicted octanol–water partition coefficient (Wildman–Crippen LogP) is 30.9. The molecule has 10 nitrogen and oxygen atoms in total. The van der Waals surface area contributed by atoms with Crippen LogP contribution >= 0.6 is 0 Å². The molecule has 12 heteroatoms. The quantitative estimate of drug-likeness (QED) is 0.163. The molecule has 78 heavy (non-hydrogen) atoms. The molecule has 4 aromatic heterocycles. The third-order valence-corrected chi connectivity index (χ3v) is 17.3. The van der Waals surface area contributed by atoms with E-state index in [1.54, 1.807) is 30.3 Å². The normalized spacial score (nSPS) is 28.6. The highest BCUT2D eigenvalue weighted by Crippen LogP contribution is 2.55. The number of pyridine rings is 2. The molecule has 0 aliphatic heterocycles. The fourth-order valence-electron chi connectivity index (χ4n) is 13.1. The molecule has 0 amide bonds. The number of para-hydroxylation sites is 2. The summed E-state index contributed by atoms with van der Waals surface area (Å²) in [4.78, 5) is 50.6. The Balaban J connectivity index is -0.0000000253. The second kappa shape index (κ2) is 19.9. The molecule has 8 aromatic rings. The molecule has 12 rings (SSSR count). The number of carbonyl (C=O) groups is 1. The Hall–Kier alpha value is -8.35. The van der Waals surface area contributed by atoms with Gasteiger partial charge in [-0.15, -0.1) is 0 Å². The van der Waals surface area contributed by atoms with E-state index in [4.69, 9.17) is 224 Å². The van der Waals surface area contributed by atoms with Crippen molar-refractivity contribution in [1.82, 2.24) is 29.9 Å². The van der Waals surface area contributed by atoms with Crippen molar-refractivity contribution in [2.45, 2.75) is 110 Å². The molecular weight excluding hydrogens is 975 g/mol. The van der Waals surface area contributed by atoms with E-state index in [1.807, 2.05) is 80.6 Å². The van der Waals surface area contributed by atoms with Gasteiger partial charge in [-0.3, -0.25) is 9.97 Å². The number of fused-ring (bicyclic) bond motifs is 8. The second-order valence-electron chi connectivity index (χ2n) is 22.6. The highest BCUT2D eigenvalue weighted by molar-refractivity contribution is 6.00. The molecule has 6 atom stereocenters. The Morgan fingerprint density at radius 1 is 0.628 bits per heavy atom. The van der Waals surface area contributed by atoms with E-state index in [0.29, 0.717) is 59.1 Å². The van der Waals surface area contributed by atoms with Crippen LogP contribution in [0.15, 0.2) is 132 Å². The van der Waals surface area contributed by atoms with Gasteiger partial charge >= 0.3 is 0 Å². The lowest BCUT2D eigenvalue weighted by atomic mass is 9.57. The lowest BCUT2D eigenvalue weighted by Gasteiger charge is -2.48. The number of allylic oxidation sites excluding steroid dienone is 4. The third-order valence-electron chi connectivity index (χ3n) is 17.3. The molecule has 4 aromatic carbocycles. The van der Waals surface area contributed by atoms with Gasteiger partial charge in [0.2, 0.25) is 11.4 Å². The van der Waals surface area contributed by atoms with E-state index in [-0.39, 0.29) is 65.8 Å². The Kier molecular flexibility index (Phi) is 4.23. The summed E-state index contributed by atoms with van der Waals surface area (Å²) < 4.78 is 641. The van der Waals surface area contributed by atoms with Crippen LogP contribution in [-0.2, 0) is 28.5 Å². The number of nitrogens with zero attached hydrogens (tertiary/aromatic N) is 8. The Morgan fingerprint density at radius 3 is 1.60 bits per heavy atom. The Labute approximate surface area is 643 Å². The fourth-order valence-corrected chi connectivity index (χ4v) is 13.1. The molecule has 0 fully saturated rings. The smallest absolute Gasteiger partial charge is 0.226 e. The topological polar surface area (TPSA) is 123 Å². The van der Waals surface area contributed by atoms with Gasteiger partial charge in [0.25, 0.3) is 0 Å². The van der Waals surface area contributed by atoms with Gasteiger partial charge in [-0.25, -0.2) is 38.4 Å². The fraction of sp³-hybridized carbons (Fsp3) is 0.318. The third kappa shape index (κ3) is 8.53. The number of benzene rings is 4. The largest absolute Gasteiger partial charge is 0.523 e. The van der Waals surface area contributed by atoms with E-state index in [2.05, 4.69) is 57.3 Å². The number of hydrogen-bond donors (Lipinski definition) is 1. The maximum absolute atomic E-state index is 15.3. The molecule has 0 radical (unpaired) electrons. The first kappa shape index (κ1) is 16.6. The van der Waals surface area contributed by atoms with Crippen LogP contribution in [0.1, 0.15) is 303 Å². The molecule has 0 unspecified atom stereocenters. The van der Waals surface area contributed by atoms with Gasteiger partial charge in [0.1, 0.15) is 11.6 Å². The van der Waals surface area contributed by atoms with Crippen molar-refractivity contribution in [3.8, 4) is 45.3 Å². The van der Waals surface area contributed by atoms with Crippen LogP contribution in [-0.4, -0.2) is 40.8 Å². The summed E-state index contributed by atoms with van der Waals surface area (Å²) in [6.45, 7) is 32.0. The van der Waals surface area contributed by atoms with Crippen molar-refractivity contribution >= 4 is 27.6 Å². The highest BCUT2D eigenvalue weighted by atomic mass is 19.1. The standard InChI is InChI=1S/C33H31FN4O.C33H29FN4O.62H2/c2*1-18(2)27-16-23(20-10-7-9-13-26(20)36-27)32-37-29(21-11-6-8-12-25(21)34)22-14-15-24-19(3)30(39)28(35-5)17-33(24,4)31(22)38-32;;;;;;;;;;;;;;;;;;;;;;;;;;;;;;;;;;;;;;;;;;;;;;;;;;;;;;;;;;;;;;/h6-13,16,18-19,24,39H,14-15,17H2,1-4H3;6-13,16-19,24H,14-15H2,1-4H3;62*1H/t2*19-,24-,33-;;;;;;;;;;;;;;;;;;;;;;;;;;;;;;;;;;;;;;;;;;;;;;;;;;;;;;;;;;;;;;/m11............................................................../s1/i;;61*1+2T;1+2. The van der Waals surface area contributed by atoms with Crippen molar-refractivity contribution in [1.29, 1.82) is 0 Å². The van der Waals surface area contributed by atoms with Gasteiger partial charge in [0.05, 0.1) is 52.7 Å². The summed E-state index contributed by atoms with van der Waals surface area (Å²) in [6, 6.07) is 33.5. The monoisotopic (exact) mass is 1410 g/mol. The van der Waals surface area contributed by atoms with E-state index in [9.17, 15) is 9.90 Å². The molecule has 0 saturated heterocycles. The zero-order valence-corrected chi connectivity index (χ0v) is 45.2. The minimum Gasteiger partial charge on any atom is -0.523 e. The number of aliphatic hydroxyl groups is 1. The number of hydrogen-bond acceptors (Lipinski definition) is 8. The van der Waals surface area contributed by atoms with Crippen LogP contribution < -0.4 is 0 Å². The molecule has 4 aliphatic rings. The first-order valence-corrected chi connectivity index (χ1v) is 27.0. The van der Waals surface area contributed by atoms with Gasteiger partial charge in [-0.1, -0.05) is 122 Å².